The molecule has 1 rings (SSSR count). The zero-order valence-electron chi connectivity index (χ0n) is 11.5. The summed E-state index contributed by atoms with van der Waals surface area (Å²) in [6, 6.07) is 2.84. The number of nitrogens with one attached hydrogen (secondary N) is 2. The summed E-state index contributed by atoms with van der Waals surface area (Å²) in [5, 5.41) is 5.53. The van der Waals surface area contributed by atoms with Crippen molar-refractivity contribution in [3.8, 4) is 0 Å². The van der Waals surface area contributed by atoms with Gasteiger partial charge in [0.25, 0.3) is 5.91 Å². The molecule has 0 radical (unpaired) electrons. The van der Waals surface area contributed by atoms with Crippen LogP contribution in [0.15, 0.2) is 12.1 Å². The molecule has 0 saturated heterocycles. The molecule has 1 atom stereocenters. The highest BCUT2D eigenvalue weighted by Gasteiger charge is 2.15. The van der Waals surface area contributed by atoms with Crippen molar-refractivity contribution < 1.29 is 13.2 Å². The van der Waals surface area contributed by atoms with Crippen LogP contribution in [-0.2, 0) is 9.84 Å². The second-order valence-electron chi connectivity index (χ2n) is 4.60. The number of anilines is 1. The van der Waals surface area contributed by atoms with Crippen LogP contribution in [0.2, 0.25) is 0 Å². The molecule has 0 aliphatic heterocycles. The summed E-state index contributed by atoms with van der Waals surface area (Å²) >= 11 is 0. The van der Waals surface area contributed by atoms with Gasteiger partial charge in [-0.1, -0.05) is 0 Å². The van der Waals surface area contributed by atoms with E-state index < -0.39 is 15.9 Å². The van der Waals surface area contributed by atoms with Crippen LogP contribution in [0.3, 0.4) is 0 Å². The first-order valence-electron chi connectivity index (χ1n) is 5.86. The lowest BCUT2D eigenvalue weighted by Gasteiger charge is -2.13. The molecule has 1 aromatic heterocycles. The van der Waals surface area contributed by atoms with Gasteiger partial charge >= 0.3 is 0 Å². The van der Waals surface area contributed by atoms with Gasteiger partial charge in [-0.2, -0.15) is 0 Å². The number of pyridine rings is 1. The van der Waals surface area contributed by atoms with E-state index in [1.165, 1.54) is 0 Å². The molecule has 0 fully saturated rings. The number of amides is 1. The van der Waals surface area contributed by atoms with Gasteiger partial charge in [-0.15, -0.1) is 0 Å². The lowest BCUT2D eigenvalue weighted by atomic mass is 10.2. The molecule has 0 spiro atoms. The Hall–Kier alpha value is -1.63. The summed E-state index contributed by atoms with van der Waals surface area (Å²) < 4.78 is 22.3. The lowest BCUT2D eigenvalue weighted by molar-refractivity contribution is 0.0943. The van der Waals surface area contributed by atoms with Crippen LogP contribution in [0.4, 0.5) is 5.82 Å². The predicted octanol–water partition coefficient (Wildman–Crippen LogP) is 0.595. The zero-order chi connectivity index (χ0) is 14.6. The molecule has 1 heterocycles. The minimum Gasteiger partial charge on any atom is -0.373 e. The van der Waals surface area contributed by atoms with Gasteiger partial charge < -0.3 is 10.6 Å². The average molecular weight is 285 g/mol. The second kappa shape index (κ2) is 6.01. The van der Waals surface area contributed by atoms with Crippen molar-refractivity contribution in [3.63, 3.8) is 0 Å². The largest absolute Gasteiger partial charge is 0.373 e. The molecule has 6 nitrogen and oxygen atoms in total. The van der Waals surface area contributed by atoms with Crippen LogP contribution >= 0.6 is 0 Å². The first-order chi connectivity index (χ1) is 8.71. The van der Waals surface area contributed by atoms with Crippen LogP contribution in [0, 0.1) is 6.92 Å². The number of sulfone groups is 1. The quantitative estimate of drug-likeness (QED) is 0.827. The van der Waals surface area contributed by atoms with E-state index in [1.54, 1.807) is 33.0 Å². The van der Waals surface area contributed by atoms with E-state index in [-0.39, 0.29) is 11.7 Å². The van der Waals surface area contributed by atoms with Crippen molar-refractivity contribution in [1.82, 2.24) is 10.3 Å². The van der Waals surface area contributed by atoms with E-state index in [0.717, 1.165) is 6.26 Å². The molecule has 1 unspecified atom stereocenters. The molecule has 0 saturated carbocycles. The second-order valence-corrected chi connectivity index (χ2v) is 6.78. The SMILES string of the molecule is CNc1cc(C(=O)NC(C)CS(C)(=O)=O)cc(C)n1. The Balaban J connectivity index is 2.81. The maximum absolute atomic E-state index is 12.0. The van der Waals surface area contributed by atoms with Gasteiger partial charge in [0.2, 0.25) is 0 Å². The minimum absolute atomic E-state index is 0.0817. The average Bonchev–Trinajstić information content (AvgIpc) is 2.25. The highest BCUT2D eigenvalue weighted by Crippen LogP contribution is 2.09. The number of aryl methyl sites for hydroxylation is 1. The van der Waals surface area contributed by atoms with Crippen molar-refractivity contribution >= 4 is 21.6 Å². The fraction of sp³-hybridized carbons (Fsp3) is 0.500. The van der Waals surface area contributed by atoms with Crippen molar-refractivity contribution in [1.29, 1.82) is 0 Å². The van der Waals surface area contributed by atoms with E-state index in [0.29, 0.717) is 17.1 Å². The van der Waals surface area contributed by atoms with E-state index in [4.69, 9.17) is 0 Å². The van der Waals surface area contributed by atoms with Gasteiger partial charge in [0.15, 0.2) is 0 Å². The Morgan fingerprint density at radius 3 is 2.58 bits per heavy atom. The molecule has 106 valence electrons. The first-order valence-corrected chi connectivity index (χ1v) is 7.92. The van der Waals surface area contributed by atoms with Gasteiger partial charge in [0.05, 0.1) is 5.75 Å². The van der Waals surface area contributed by atoms with Crippen LogP contribution in [0.25, 0.3) is 0 Å². The lowest BCUT2D eigenvalue weighted by Crippen LogP contribution is -2.37. The summed E-state index contributed by atoms with van der Waals surface area (Å²) in [4.78, 5) is 16.2. The molecule has 0 aliphatic rings. The number of nitrogens with zero attached hydrogens (tertiary/aromatic N) is 1. The third-order valence-corrected chi connectivity index (χ3v) is 3.51. The van der Waals surface area contributed by atoms with Crippen LogP contribution in [0.5, 0.6) is 0 Å². The molecule has 0 aromatic carbocycles. The number of hydrogen-bond donors (Lipinski definition) is 2. The molecule has 19 heavy (non-hydrogen) atoms. The summed E-state index contributed by atoms with van der Waals surface area (Å²) in [5.41, 5.74) is 1.17. The normalized spacial score (nSPS) is 12.8. The Labute approximate surface area is 113 Å². The van der Waals surface area contributed by atoms with Gasteiger partial charge in [-0.25, -0.2) is 13.4 Å². The van der Waals surface area contributed by atoms with E-state index in [9.17, 15) is 13.2 Å². The topological polar surface area (TPSA) is 88.2 Å². The monoisotopic (exact) mass is 285 g/mol. The minimum atomic E-state index is -3.11. The molecule has 1 amide bonds. The molecule has 0 bridgehead atoms. The fourth-order valence-corrected chi connectivity index (χ4v) is 2.72. The maximum atomic E-state index is 12.0. The zero-order valence-corrected chi connectivity index (χ0v) is 12.3. The molecule has 0 aliphatic carbocycles. The van der Waals surface area contributed by atoms with Crippen molar-refractivity contribution in [3.05, 3.63) is 23.4 Å². The van der Waals surface area contributed by atoms with Gasteiger partial charge in [-0.05, 0) is 26.0 Å². The van der Waals surface area contributed by atoms with E-state index >= 15 is 0 Å². The Morgan fingerprint density at radius 2 is 2.05 bits per heavy atom. The summed E-state index contributed by atoms with van der Waals surface area (Å²) in [7, 11) is -1.39. The van der Waals surface area contributed by atoms with Crippen LogP contribution in [-0.4, -0.2) is 44.4 Å². The number of carbonyl (C=O) groups excluding carboxylic acids is 1. The Morgan fingerprint density at radius 1 is 1.42 bits per heavy atom. The molecular formula is C12H19N3O3S. The van der Waals surface area contributed by atoms with E-state index in [2.05, 4.69) is 15.6 Å². The van der Waals surface area contributed by atoms with Gasteiger partial charge in [0.1, 0.15) is 15.7 Å². The van der Waals surface area contributed by atoms with Crippen molar-refractivity contribution in [2.45, 2.75) is 19.9 Å². The third-order valence-electron chi connectivity index (χ3n) is 2.40. The standard InChI is InChI=1S/C12H19N3O3S/c1-8-5-10(6-11(13-3)14-8)12(16)15-9(2)7-19(4,17)18/h5-6,9H,7H2,1-4H3,(H,13,14)(H,15,16). The van der Waals surface area contributed by atoms with E-state index in [1.807, 2.05) is 0 Å². The number of rotatable bonds is 5. The summed E-state index contributed by atoms with van der Waals surface area (Å²) in [5.74, 6) is 0.209. The summed E-state index contributed by atoms with van der Waals surface area (Å²) in [6.07, 6.45) is 1.14. The van der Waals surface area contributed by atoms with Gasteiger partial charge in [0, 0.05) is 30.6 Å². The molecule has 2 N–H and O–H groups in total. The van der Waals surface area contributed by atoms with Crippen molar-refractivity contribution in [2.75, 3.05) is 24.4 Å². The summed E-state index contributed by atoms with van der Waals surface area (Å²) in [6.45, 7) is 3.45. The van der Waals surface area contributed by atoms with Crippen molar-refractivity contribution in [2.24, 2.45) is 0 Å². The van der Waals surface area contributed by atoms with Gasteiger partial charge in [-0.3, -0.25) is 4.79 Å². The highest BCUT2D eigenvalue weighted by molar-refractivity contribution is 7.90. The fourth-order valence-electron chi connectivity index (χ4n) is 1.73. The first kappa shape index (κ1) is 15.4. The number of carbonyl (C=O) groups is 1. The maximum Gasteiger partial charge on any atom is 0.251 e. The Bertz CT molecular complexity index is 570. The predicted molar refractivity (Wildman–Crippen MR) is 75.2 cm³/mol. The smallest absolute Gasteiger partial charge is 0.251 e. The van der Waals surface area contributed by atoms with Crippen LogP contribution in [0.1, 0.15) is 23.0 Å². The number of hydrogen-bond acceptors (Lipinski definition) is 5. The molecule has 1 aromatic rings. The number of aromatic nitrogens is 1. The highest BCUT2D eigenvalue weighted by atomic mass is 32.2. The third kappa shape index (κ3) is 5.25. The van der Waals surface area contributed by atoms with Crippen LogP contribution < -0.4 is 10.6 Å². The molecule has 7 heteroatoms. The molecular weight excluding hydrogens is 266 g/mol. The Kier molecular flexibility index (Phi) is 4.88.